The molecule has 2 aliphatic heterocycles. The molecule has 2 aromatic heterocycles. The van der Waals surface area contributed by atoms with E-state index >= 15 is 0 Å². The predicted molar refractivity (Wildman–Crippen MR) is 140 cm³/mol. The Morgan fingerprint density at radius 1 is 1.16 bits per heavy atom. The number of hydrogen-bond acceptors (Lipinski definition) is 7. The molecular weight excluding hydrogens is 468 g/mol. The molecule has 37 heavy (non-hydrogen) atoms. The van der Waals surface area contributed by atoms with Crippen molar-refractivity contribution in [2.75, 3.05) is 39.5 Å². The summed E-state index contributed by atoms with van der Waals surface area (Å²) in [5.74, 6) is 6.14. The van der Waals surface area contributed by atoms with Crippen LogP contribution in [0.25, 0.3) is 11.1 Å². The van der Waals surface area contributed by atoms with Gasteiger partial charge in [0.15, 0.2) is 11.6 Å². The summed E-state index contributed by atoms with van der Waals surface area (Å²) in [5, 5.41) is 15.1. The second-order valence-electron chi connectivity index (χ2n) is 9.93. The number of carbonyl (C=O) groups excluding carboxylic acids is 1. The first-order chi connectivity index (χ1) is 17.8. The Balaban J connectivity index is 1.26. The quantitative estimate of drug-likeness (QED) is 0.518. The van der Waals surface area contributed by atoms with Crippen LogP contribution < -0.4 is 10.5 Å². The van der Waals surface area contributed by atoms with Gasteiger partial charge in [-0.25, -0.2) is 4.98 Å². The fourth-order valence-electron chi connectivity index (χ4n) is 4.72. The molecular formula is C28H32N6O3. The highest BCUT2D eigenvalue weighted by Crippen LogP contribution is 2.29. The van der Waals surface area contributed by atoms with E-state index in [0.717, 1.165) is 42.6 Å². The Bertz CT molecular complexity index is 1350. The number of aromatic nitrogens is 3. The minimum atomic E-state index is -1.62. The molecule has 2 aliphatic rings. The summed E-state index contributed by atoms with van der Waals surface area (Å²) in [6.45, 7) is 2.91. The van der Waals surface area contributed by atoms with Crippen molar-refractivity contribution in [3.05, 3.63) is 60.0 Å². The second kappa shape index (κ2) is 10.2. The van der Waals surface area contributed by atoms with Crippen molar-refractivity contribution in [3.8, 4) is 28.7 Å². The topological polar surface area (TPSA) is 110 Å². The van der Waals surface area contributed by atoms with Crippen molar-refractivity contribution in [3.63, 3.8) is 0 Å². The molecule has 1 amide bonds. The van der Waals surface area contributed by atoms with Gasteiger partial charge in [-0.1, -0.05) is 24.0 Å². The Labute approximate surface area is 216 Å². The van der Waals surface area contributed by atoms with Crippen LogP contribution in [0, 0.1) is 11.8 Å². The average Bonchev–Trinajstić information content (AvgIpc) is 3.49. The van der Waals surface area contributed by atoms with Gasteiger partial charge in [-0.2, -0.15) is 5.10 Å². The number of nitrogens with two attached hydrogens (primary N) is 1. The first-order valence-corrected chi connectivity index (χ1v) is 12.5. The molecule has 1 atom stereocenters. The molecule has 2 fully saturated rings. The fourth-order valence-corrected chi connectivity index (χ4v) is 4.72. The Morgan fingerprint density at radius 3 is 2.73 bits per heavy atom. The molecule has 2 saturated heterocycles. The third-order valence-corrected chi connectivity index (χ3v) is 7.12. The molecule has 0 aliphatic carbocycles. The number of aliphatic hydroxyl groups is 1. The average molecular weight is 501 g/mol. The SMILES string of the molecule is CN1CCC(n2cc(-c3cnc(N)c(OCc4cccc(C#CC5(O)CCN(C)C5=O)c4)c3)cn2)CC1. The van der Waals surface area contributed by atoms with Gasteiger partial charge < -0.3 is 25.4 Å². The molecule has 4 heterocycles. The van der Waals surface area contributed by atoms with E-state index in [0.29, 0.717) is 36.1 Å². The number of anilines is 1. The minimum absolute atomic E-state index is 0.269. The van der Waals surface area contributed by atoms with Gasteiger partial charge in [-0.05, 0) is 56.7 Å². The Kier molecular flexibility index (Phi) is 6.87. The van der Waals surface area contributed by atoms with Gasteiger partial charge in [-0.15, -0.1) is 0 Å². The van der Waals surface area contributed by atoms with Crippen LogP contribution in [0.1, 0.15) is 36.4 Å². The number of rotatable bonds is 5. The smallest absolute Gasteiger partial charge is 0.267 e. The maximum absolute atomic E-state index is 12.2. The molecule has 3 N–H and O–H groups in total. The van der Waals surface area contributed by atoms with E-state index in [9.17, 15) is 9.90 Å². The minimum Gasteiger partial charge on any atom is -0.485 e. The lowest BCUT2D eigenvalue weighted by Crippen LogP contribution is -2.37. The standard InChI is InChI=1S/C28H32N6O3/c1-32-11-7-24(8-12-32)34-18-23(17-31-34)22-15-25(26(29)30-16-22)37-19-21-5-3-4-20(14-21)6-9-28(36)10-13-33(2)27(28)35/h3-5,14-18,24,36H,7-8,10-13,19H2,1-2H3,(H2,29,30). The van der Waals surface area contributed by atoms with E-state index in [4.69, 9.17) is 10.5 Å². The largest absolute Gasteiger partial charge is 0.485 e. The van der Waals surface area contributed by atoms with Crippen LogP contribution >= 0.6 is 0 Å². The molecule has 0 bridgehead atoms. The monoisotopic (exact) mass is 500 g/mol. The highest BCUT2D eigenvalue weighted by Gasteiger charge is 2.42. The predicted octanol–water partition coefficient (Wildman–Crippen LogP) is 2.32. The van der Waals surface area contributed by atoms with E-state index in [2.05, 4.69) is 44.7 Å². The molecule has 1 unspecified atom stereocenters. The van der Waals surface area contributed by atoms with Crippen LogP contribution in [0.2, 0.25) is 0 Å². The van der Waals surface area contributed by atoms with Crippen LogP contribution in [0.15, 0.2) is 48.9 Å². The van der Waals surface area contributed by atoms with E-state index in [-0.39, 0.29) is 12.5 Å². The van der Waals surface area contributed by atoms with Crippen LogP contribution in [0.5, 0.6) is 5.75 Å². The van der Waals surface area contributed by atoms with Crippen molar-refractivity contribution in [2.24, 2.45) is 0 Å². The lowest BCUT2D eigenvalue weighted by molar-refractivity contribution is -0.137. The molecule has 192 valence electrons. The van der Waals surface area contributed by atoms with Gasteiger partial charge in [0.1, 0.15) is 6.61 Å². The zero-order valence-electron chi connectivity index (χ0n) is 21.2. The maximum atomic E-state index is 12.2. The van der Waals surface area contributed by atoms with E-state index in [1.807, 2.05) is 36.5 Å². The van der Waals surface area contributed by atoms with Crippen LogP contribution in [-0.2, 0) is 11.4 Å². The summed E-state index contributed by atoms with van der Waals surface area (Å²) < 4.78 is 8.08. The zero-order chi connectivity index (χ0) is 26.0. The van der Waals surface area contributed by atoms with Gasteiger partial charge in [-0.3, -0.25) is 9.48 Å². The highest BCUT2D eigenvalue weighted by atomic mass is 16.5. The zero-order valence-corrected chi connectivity index (χ0v) is 21.2. The summed E-state index contributed by atoms with van der Waals surface area (Å²) in [5.41, 5.74) is 7.92. The number of nitrogens with zero attached hydrogens (tertiary/aromatic N) is 5. The molecule has 9 nitrogen and oxygen atoms in total. The normalized spacial score (nSPS) is 20.6. The molecule has 0 saturated carbocycles. The summed E-state index contributed by atoms with van der Waals surface area (Å²) in [6, 6.07) is 9.80. The van der Waals surface area contributed by atoms with Gasteiger partial charge in [0.25, 0.3) is 5.91 Å². The molecule has 9 heteroatoms. The Hall–Kier alpha value is -3.87. The lowest BCUT2D eigenvalue weighted by atomic mass is 10.0. The summed E-state index contributed by atoms with van der Waals surface area (Å²) >= 11 is 0. The fraction of sp³-hybridized carbons (Fsp3) is 0.393. The molecule has 0 spiro atoms. The molecule has 0 radical (unpaired) electrons. The van der Waals surface area contributed by atoms with Crippen LogP contribution in [0.3, 0.4) is 0 Å². The molecule has 1 aromatic carbocycles. The van der Waals surface area contributed by atoms with Crippen molar-refractivity contribution in [2.45, 2.75) is 37.5 Å². The molecule has 5 rings (SSSR count). The van der Waals surface area contributed by atoms with Gasteiger partial charge in [0.2, 0.25) is 5.60 Å². The summed E-state index contributed by atoms with van der Waals surface area (Å²) in [6.07, 6.45) is 8.14. The van der Waals surface area contributed by atoms with Crippen LogP contribution in [-0.4, -0.2) is 74.9 Å². The number of benzene rings is 1. The third kappa shape index (κ3) is 5.45. The van der Waals surface area contributed by atoms with E-state index in [1.54, 1.807) is 13.2 Å². The van der Waals surface area contributed by atoms with Gasteiger partial charge in [0.05, 0.1) is 12.2 Å². The van der Waals surface area contributed by atoms with Crippen molar-refractivity contribution < 1.29 is 14.6 Å². The maximum Gasteiger partial charge on any atom is 0.267 e. The third-order valence-electron chi connectivity index (χ3n) is 7.12. The first-order valence-electron chi connectivity index (χ1n) is 12.5. The number of likely N-dealkylation sites (N-methyl/N-ethyl adjacent to an activating group) is 1. The number of nitrogen functional groups attached to an aromatic ring is 1. The first kappa shape index (κ1) is 24.8. The number of piperidine rings is 1. The summed E-state index contributed by atoms with van der Waals surface area (Å²) in [4.78, 5) is 20.3. The van der Waals surface area contributed by atoms with Gasteiger partial charge in [0, 0.05) is 49.1 Å². The van der Waals surface area contributed by atoms with E-state index in [1.165, 1.54) is 4.90 Å². The number of carbonyl (C=O) groups is 1. The van der Waals surface area contributed by atoms with Crippen molar-refractivity contribution >= 4 is 11.7 Å². The second-order valence-corrected chi connectivity index (χ2v) is 9.93. The summed E-state index contributed by atoms with van der Waals surface area (Å²) in [7, 11) is 3.81. The lowest BCUT2D eigenvalue weighted by Gasteiger charge is -2.28. The number of pyridine rings is 1. The van der Waals surface area contributed by atoms with Crippen LogP contribution in [0.4, 0.5) is 5.82 Å². The Morgan fingerprint density at radius 2 is 1.97 bits per heavy atom. The van der Waals surface area contributed by atoms with Crippen molar-refractivity contribution in [1.82, 2.24) is 24.6 Å². The number of likely N-dealkylation sites (tertiary alicyclic amines) is 2. The van der Waals surface area contributed by atoms with Crippen molar-refractivity contribution in [1.29, 1.82) is 0 Å². The number of ether oxygens (including phenoxy) is 1. The highest BCUT2D eigenvalue weighted by molar-refractivity contribution is 5.90. The number of hydrogen-bond donors (Lipinski definition) is 2. The van der Waals surface area contributed by atoms with Gasteiger partial charge >= 0.3 is 0 Å². The number of amides is 1. The molecule has 3 aromatic rings. The van der Waals surface area contributed by atoms with E-state index < -0.39 is 5.60 Å².